The van der Waals surface area contributed by atoms with Crippen molar-refractivity contribution in [3.8, 4) is 44.5 Å². The van der Waals surface area contributed by atoms with Crippen molar-refractivity contribution in [2.75, 3.05) is 4.90 Å². The van der Waals surface area contributed by atoms with E-state index in [1.165, 1.54) is 76.5 Å². The molecule has 0 fully saturated rings. The van der Waals surface area contributed by atoms with E-state index in [2.05, 4.69) is 228 Å². The first-order valence-electron chi connectivity index (χ1n) is 20.2. The zero-order chi connectivity index (χ0) is 39.1. The maximum absolute atomic E-state index is 4.25. The van der Waals surface area contributed by atoms with Crippen LogP contribution < -0.4 is 4.90 Å². The lowest BCUT2D eigenvalue weighted by atomic mass is 9.84. The zero-order valence-corrected chi connectivity index (χ0v) is 32.3. The molecule has 0 saturated heterocycles. The van der Waals surface area contributed by atoms with Crippen LogP contribution in [0.1, 0.15) is 0 Å². The molecule has 0 N–H and O–H groups in total. The summed E-state index contributed by atoms with van der Waals surface area (Å²) in [6.07, 6.45) is 3.70. The first kappa shape index (κ1) is 34.4. The van der Waals surface area contributed by atoms with Crippen LogP contribution in [0.4, 0.5) is 17.1 Å². The van der Waals surface area contributed by atoms with Crippen LogP contribution >= 0.6 is 0 Å². The number of rotatable bonds is 7. The van der Waals surface area contributed by atoms with Crippen LogP contribution in [0.25, 0.3) is 87.6 Å². The summed E-state index contributed by atoms with van der Waals surface area (Å²) in [6, 6.07) is 79.4. The minimum atomic E-state index is 1.10. The summed E-state index contributed by atoms with van der Waals surface area (Å²) in [5.74, 6) is 0. The molecule has 276 valence electrons. The van der Waals surface area contributed by atoms with Crippen molar-refractivity contribution in [1.29, 1.82) is 0 Å². The molecule has 0 aliphatic rings. The third-order valence-corrected chi connectivity index (χ3v) is 11.7. The maximum atomic E-state index is 4.25. The monoisotopic (exact) mass is 750 g/mol. The van der Waals surface area contributed by atoms with E-state index >= 15 is 0 Å². The Hall–Kier alpha value is -7.81. The molecule has 10 aromatic carbocycles. The van der Waals surface area contributed by atoms with Crippen LogP contribution in [-0.2, 0) is 0 Å². The quantitative estimate of drug-likeness (QED) is 0.151. The SMILES string of the molecule is c1cc(-c2ccncc2)cc(N(c2ccc(-c3ccc(-c4c5ccccc5c(-c5cccc6ccccc56)c5ccccc45)cc3)cc2)c2cccc3ccccc23)c1. The summed E-state index contributed by atoms with van der Waals surface area (Å²) >= 11 is 0. The van der Waals surface area contributed by atoms with Crippen molar-refractivity contribution in [1.82, 2.24) is 4.98 Å². The molecule has 0 radical (unpaired) electrons. The van der Waals surface area contributed by atoms with Gasteiger partial charge in [0.1, 0.15) is 0 Å². The molecule has 1 aromatic heterocycles. The summed E-state index contributed by atoms with van der Waals surface area (Å²) in [5.41, 5.74) is 13.0. The van der Waals surface area contributed by atoms with E-state index in [0.29, 0.717) is 0 Å². The molecule has 11 aromatic rings. The van der Waals surface area contributed by atoms with E-state index in [4.69, 9.17) is 0 Å². The fourth-order valence-corrected chi connectivity index (χ4v) is 9.00. The van der Waals surface area contributed by atoms with Gasteiger partial charge in [0, 0.05) is 29.2 Å². The Labute approximate surface area is 343 Å². The van der Waals surface area contributed by atoms with Crippen LogP contribution in [0.15, 0.2) is 231 Å². The van der Waals surface area contributed by atoms with E-state index in [1.54, 1.807) is 0 Å². The molecule has 0 atom stereocenters. The minimum Gasteiger partial charge on any atom is -0.310 e. The van der Waals surface area contributed by atoms with E-state index in [-0.39, 0.29) is 0 Å². The standard InChI is InChI=1S/C57H38N2/c1-3-18-48-42(12-1)14-10-24-50(48)57-53-22-7-5-20-51(53)56(52-21-6-8-23-54(52)57)44-28-26-39(27-29-44)40-30-32-46(33-31-40)59(55-25-11-15-43-13-2-4-19-49(43)55)47-17-9-16-45(38-47)41-34-36-58-37-35-41/h1-38H. The van der Waals surface area contributed by atoms with E-state index < -0.39 is 0 Å². The Balaban J connectivity index is 0.995. The van der Waals surface area contributed by atoms with Crippen molar-refractivity contribution >= 4 is 60.2 Å². The fraction of sp³-hybridized carbons (Fsp3) is 0. The Bertz CT molecular complexity index is 3250. The van der Waals surface area contributed by atoms with Crippen molar-refractivity contribution in [3.05, 3.63) is 231 Å². The number of anilines is 3. The molecule has 2 nitrogen and oxygen atoms in total. The second kappa shape index (κ2) is 14.6. The average molecular weight is 751 g/mol. The van der Waals surface area contributed by atoms with Gasteiger partial charge in [-0.05, 0) is 125 Å². The topological polar surface area (TPSA) is 16.1 Å². The molecule has 0 saturated carbocycles. The Morgan fingerprint density at radius 1 is 0.288 bits per heavy atom. The summed E-state index contributed by atoms with van der Waals surface area (Å²) < 4.78 is 0. The molecule has 1 heterocycles. The average Bonchev–Trinajstić information content (AvgIpc) is 3.31. The molecular weight excluding hydrogens is 713 g/mol. The van der Waals surface area contributed by atoms with Crippen molar-refractivity contribution in [2.24, 2.45) is 0 Å². The maximum Gasteiger partial charge on any atom is 0.0540 e. The van der Waals surface area contributed by atoms with Gasteiger partial charge in [0.2, 0.25) is 0 Å². The molecule has 0 unspecified atom stereocenters. The second-order valence-corrected chi connectivity index (χ2v) is 15.1. The highest BCUT2D eigenvalue weighted by molar-refractivity contribution is 6.23. The van der Waals surface area contributed by atoms with Gasteiger partial charge in [-0.1, -0.05) is 176 Å². The smallest absolute Gasteiger partial charge is 0.0540 e. The zero-order valence-electron chi connectivity index (χ0n) is 32.3. The van der Waals surface area contributed by atoms with E-state index in [1.807, 2.05) is 12.4 Å². The molecule has 0 bridgehead atoms. The minimum absolute atomic E-state index is 1.10. The Morgan fingerprint density at radius 3 is 1.42 bits per heavy atom. The highest BCUT2D eigenvalue weighted by atomic mass is 15.1. The van der Waals surface area contributed by atoms with Crippen LogP contribution in [-0.4, -0.2) is 4.98 Å². The number of hydrogen-bond donors (Lipinski definition) is 0. The first-order chi connectivity index (χ1) is 29.3. The molecule has 2 heteroatoms. The predicted molar refractivity (Wildman–Crippen MR) is 251 cm³/mol. The number of hydrogen-bond acceptors (Lipinski definition) is 2. The molecular formula is C57H38N2. The van der Waals surface area contributed by atoms with Gasteiger partial charge in [-0.2, -0.15) is 0 Å². The van der Waals surface area contributed by atoms with Gasteiger partial charge in [0.25, 0.3) is 0 Å². The Kier molecular flexibility index (Phi) is 8.52. The number of pyridine rings is 1. The normalized spacial score (nSPS) is 11.4. The van der Waals surface area contributed by atoms with Gasteiger partial charge < -0.3 is 4.90 Å². The number of fused-ring (bicyclic) bond motifs is 4. The molecule has 59 heavy (non-hydrogen) atoms. The summed E-state index contributed by atoms with van der Waals surface area (Å²) in [5, 5.41) is 9.98. The van der Waals surface area contributed by atoms with Gasteiger partial charge >= 0.3 is 0 Å². The van der Waals surface area contributed by atoms with Crippen molar-refractivity contribution in [3.63, 3.8) is 0 Å². The van der Waals surface area contributed by atoms with Gasteiger partial charge in [0.15, 0.2) is 0 Å². The second-order valence-electron chi connectivity index (χ2n) is 15.1. The van der Waals surface area contributed by atoms with Crippen LogP contribution in [0.2, 0.25) is 0 Å². The van der Waals surface area contributed by atoms with E-state index in [9.17, 15) is 0 Å². The summed E-state index contributed by atoms with van der Waals surface area (Å²) in [4.78, 5) is 6.62. The van der Waals surface area contributed by atoms with Gasteiger partial charge in [-0.15, -0.1) is 0 Å². The first-order valence-corrected chi connectivity index (χ1v) is 20.2. The molecule has 0 aliphatic carbocycles. The lowest BCUT2D eigenvalue weighted by Gasteiger charge is -2.27. The molecule has 0 aliphatic heterocycles. The van der Waals surface area contributed by atoms with Crippen molar-refractivity contribution in [2.45, 2.75) is 0 Å². The fourth-order valence-electron chi connectivity index (χ4n) is 9.00. The third kappa shape index (κ3) is 6.10. The van der Waals surface area contributed by atoms with Gasteiger partial charge in [-0.3, -0.25) is 4.98 Å². The van der Waals surface area contributed by atoms with Crippen LogP contribution in [0, 0.1) is 0 Å². The largest absolute Gasteiger partial charge is 0.310 e. The molecule has 11 rings (SSSR count). The molecule has 0 spiro atoms. The number of nitrogens with zero attached hydrogens (tertiary/aromatic N) is 2. The number of benzene rings is 10. The Morgan fingerprint density at radius 2 is 0.763 bits per heavy atom. The van der Waals surface area contributed by atoms with Crippen LogP contribution in [0.5, 0.6) is 0 Å². The van der Waals surface area contributed by atoms with E-state index in [0.717, 1.165) is 28.2 Å². The summed E-state index contributed by atoms with van der Waals surface area (Å²) in [7, 11) is 0. The van der Waals surface area contributed by atoms with Crippen LogP contribution in [0.3, 0.4) is 0 Å². The third-order valence-electron chi connectivity index (χ3n) is 11.7. The lowest BCUT2D eigenvalue weighted by molar-refractivity contribution is 1.29. The lowest BCUT2D eigenvalue weighted by Crippen LogP contribution is -2.10. The van der Waals surface area contributed by atoms with Gasteiger partial charge in [0.05, 0.1) is 5.69 Å². The highest BCUT2D eigenvalue weighted by Crippen LogP contribution is 2.46. The number of aromatic nitrogens is 1. The summed E-state index contributed by atoms with van der Waals surface area (Å²) in [6.45, 7) is 0. The highest BCUT2D eigenvalue weighted by Gasteiger charge is 2.19. The molecule has 0 amide bonds. The van der Waals surface area contributed by atoms with Gasteiger partial charge in [-0.25, -0.2) is 0 Å². The predicted octanol–water partition coefficient (Wildman–Crippen LogP) is 15.8. The van der Waals surface area contributed by atoms with Crippen molar-refractivity contribution < 1.29 is 0 Å².